The fourth-order valence-electron chi connectivity index (χ4n) is 4.13. The zero-order valence-corrected chi connectivity index (χ0v) is 25.2. The standard InChI is InChI=1S/C30H36BrN3O4S/c1-22(2)19-32-30(36)28(18-24-9-6-5-7-10-24)33(20-25-11-8-12-26(31)17-25)29(35)21-34(39(4,37)38)27-15-13-23(3)14-16-27/h5-17,22,28H,18-21H2,1-4H3,(H,32,36)/t28-/m0/s1. The summed E-state index contributed by atoms with van der Waals surface area (Å²) >= 11 is 3.48. The highest BCUT2D eigenvalue weighted by molar-refractivity contribution is 9.10. The SMILES string of the molecule is Cc1ccc(N(CC(=O)N(Cc2cccc(Br)c2)[C@@H](Cc2ccccc2)C(=O)NCC(C)C)S(C)(=O)=O)cc1. The maximum Gasteiger partial charge on any atom is 0.244 e. The van der Waals surface area contributed by atoms with Crippen LogP contribution in [0.2, 0.25) is 0 Å². The summed E-state index contributed by atoms with van der Waals surface area (Å²) in [5.74, 6) is -0.526. The van der Waals surface area contributed by atoms with E-state index in [0.717, 1.165) is 31.7 Å². The van der Waals surface area contributed by atoms with Crippen molar-refractivity contribution in [3.63, 3.8) is 0 Å². The molecule has 0 saturated heterocycles. The second kappa shape index (κ2) is 13.8. The number of nitrogens with one attached hydrogen (secondary N) is 1. The van der Waals surface area contributed by atoms with Gasteiger partial charge in [-0.2, -0.15) is 0 Å². The first-order valence-electron chi connectivity index (χ1n) is 12.8. The van der Waals surface area contributed by atoms with Gasteiger partial charge in [-0.15, -0.1) is 0 Å². The van der Waals surface area contributed by atoms with E-state index in [1.165, 1.54) is 4.90 Å². The van der Waals surface area contributed by atoms with Crippen LogP contribution in [-0.4, -0.2) is 50.5 Å². The van der Waals surface area contributed by atoms with Gasteiger partial charge in [0.15, 0.2) is 0 Å². The molecule has 3 aromatic carbocycles. The van der Waals surface area contributed by atoms with Gasteiger partial charge in [-0.1, -0.05) is 89.9 Å². The van der Waals surface area contributed by atoms with Crippen molar-refractivity contribution in [2.24, 2.45) is 5.92 Å². The lowest BCUT2D eigenvalue weighted by atomic mass is 10.0. The van der Waals surface area contributed by atoms with Crippen LogP contribution in [0.15, 0.2) is 83.3 Å². The first-order chi connectivity index (χ1) is 18.4. The Bertz CT molecular complexity index is 1360. The van der Waals surface area contributed by atoms with Crippen LogP contribution < -0.4 is 9.62 Å². The van der Waals surface area contributed by atoms with E-state index in [-0.39, 0.29) is 24.8 Å². The molecule has 0 fully saturated rings. The van der Waals surface area contributed by atoms with E-state index < -0.39 is 28.5 Å². The van der Waals surface area contributed by atoms with Gasteiger partial charge < -0.3 is 10.2 Å². The van der Waals surface area contributed by atoms with Gasteiger partial charge in [0, 0.05) is 24.0 Å². The highest BCUT2D eigenvalue weighted by Crippen LogP contribution is 2.22. The maximum atomic E-state index is 14.0. The molecule has 208 valence electrons. The van der Waals surface area contributed by atoms with Crippen molar-refractivity contribution in [1.82, 2.24) is 10.2 Å². The van der Waals surface area contributed by atoms with Crippen LogP contribution in [0.5, 0.6) is 0 Å². The Kier molecular flexibility index (Phi) is 10.7. The van der Waals surface area contributed by atoms with Crippen molar-refractivity contribution < 1.29 is 18.0 Å². The van der Waals surface area contributed by atoms with Gasteiger partial charge >= 0.3 is 0 Å². The van der Waals surface area contributed by atoms with Crippen LogP contribution in [-0.2, 0) is 32.6 Å². The fourth-order valence-corrected chi connectivity index (χ4v) is 5.43. The number of halogens is 1. The number of hydrogen-bond acceptors (Lipinski definition) is 4. The average Bonchev–Trinajstić information content (AvgIpc) is 2.88. The molecule has 0 aromatic heterocycles. The summed E-state index contributed by atoms with van der Waals surface area (Å²) in [5.41, 5.74) is 3.07. The largest absolute Gasteiger partial charge is 0.354 e. The summed E-state index contributed by atoms with van der Waals surface area (Å²) < 4.78 is 27.6. The summed E-state index contributed by atoms with van der Waals surface area (Å²) in [6.45, 7) is 6.07. The molecule has 0 unspecified atom stereocenters. The van der Waals surface area contributed by atoms with Gasteiger partial charge in [-0.25, -0.2) is 8.42 Å². The third-order valence-corrected chi connectivity index (χ3v) is 7.83. The molecule has 3 aromatic rings. The van der Waals surface area contributed by atoms with Gasteiger partial charge in [0.25, 0.3) is 0 Å². The highest BCUT2D eigenvalue weighted by Gasteiger charge is 2.33. The Morgan fingerprint density at radius 3 is 2.15 bits per heavy atom. The lowest BCUT2D eigenvalue weighted by molar-refractivity contribution is -0.140. The summed E-state index contributed by atoms with van der Waals surface area (Å²) in [6.07, 6.45) is 1.36. The molecule has 0 saturated carbocycles. The maximum absolute atomic E-state index is 14.0. The minimum absolute atomic E-state index is 0.135. The van der Waals surface area contributed by atoms with Crippen LogP contribution >= 0.6 is 15.9 Å². The quantitative estimate of drug-likeness (QED) is 0.314. The molecule has 2 amide bonds. The molecule has 7 nitrogen and oxygen atoms in total. The average molecular weight is 615 g/mol. The Labute approximate surface area is 240 Å². The third-order valence-electron chi connectivity index (χ3n) is 6.20. The van der Waals surface area contributed by atoms with Crippen LogP contribution in [0.1, 0.15) is 30.5 Å². The van der Waals surface area contributed by atoms with Crippen LogP contribution in [0.25, 0.3) is 0 Å². The van der Waals surface area contributed by atoms with Crippen molar-refractivity contribution in [3.8, 4) is 0 Å². The van der Waals surface area contributed by atoms with Crippen molar-refractivity contribution >= 4 is 43.5 Å². The Morgan fingerprint density at radius 1 is 0.923 bits per heavy atom. The Balaban J connectivity index is 2.04. The second-order valence-corrected chi connectivity index (χ2v) is 12.9. The number of aryl methyl sites for hydroxylation is 1. The number of hydrogen-bond donors (Lipinski definition) is 1. The molecule has 0 aliphatic heterocycles. The van der Waals surface area contributed by atoms with E-state index in [9.17, 15) is 18.0 Å². The zero-order valence-electron chi connectivity index (χ0n) is 22.8. The van der Waals surface area contributed by atoms with Gasteiger partial charge in [-0.05, 0) is 48.2 Å². The van der Waals surface area contributed by atoms with Gasteiger partial charge in [0.1, 0.15) is 12.6 Å². The molecule has 0 heterocycles. The topological polar surface area (TPSA) is 86.8 Å². The summed E-state index contributed by atoms with van der Waals surface area (Å²) in [5, 5.41) is 2.98. The number of sulfonamides is 1. The number of anilines is 1. The minimum Gasteiger partial charge on any atom is -0.354 e. The zero-order chi connectivity index (χ0) is 28.6. The Morgan fingerprint density at radius 2 is 1.56 bits per heavy atom. The third kappa shape index (κ3) is 9.21. The van der Waals surface area contributed by atoms with Crippen molar-refractivity contribution in [1.29, 1.82) is 0 Å². The molecule has 39 heavy (non-hydrogen) atoms. The summed E-state index contributed by atoms with van der Waals surface area (Å²) in [4.78, 5) is 29.1. The van der Waals surface area contributed by atoms with E-state index >= 15 is 0 Å². The monoisotopic (exact) mass is 613 g/mol. The molecule has 9 heteroatoms. The van der Waals surface area contributed by atoms with E-state index in [2.05, 4.69) is 21.2 Å². The van der Waals surface area contributed by atoms with Crippen LogP contribution in [0.3, 0.4) is 0 Å². The predicted molar refractivity (Wildman–Crippen MR) is 160 cm³/mol. The second-order valence-electron chi connectivity index (χ2n) is 10.1. The molecule has 0 aliphatic carbocycles. The van der Waals surface area contributed by atoms with Crippen molar-refractivity contribution in [2.75, 3.05) is 23.7 Å². The number of benzene rings is 3. The molecule has 1 N–H and O–H groups in total. The van der Waals surface area contributed by atoms with E-state index in [1.54, 1.807) is 24.3 Å². The van der Waals surface area contributed by atoms with Gasteiger partial charge in [-0.3, -0.25) is 13.9 Å². The van der Waals surface area contributed by atoms with E-state index in [4.69, 9.17) is 0 Å². The van der Waals surface area contributed by atoms with Gasteiger partial charge in [0.2, 0.25) is 21.8 Å². The number of carbonyl (C=O) groups is 2. The molecular formula is C30H36BrN3O4S. The van der Waals surface area contributed by atoms with Crippen LogP contribution in [0, 0.1) is 12.8 Å². The number of amides is 2. The number of nitrogens with zero attached hydrogens (tertiary/aromatic N) is 2. The minimum atomic E-state index is -3.79. The van der Waals surface area contributed by atoms with Crippen LogP contribution in [0.4, 0.5) is 5.69 Å². The van der Waals surface area contributed by atoms with Crippen molar-refractivity contribution in [3.05, 3.63) is 100 Å². The number of rotatable bonds is 12. The molecule has 0 radical (unpaired) electrons. The summed E-state index contributed by atoms with van der Waals surface area (Å²) in [7, 11) is -3.79. The first kappa shape index (κ1) is 30.4. The smallest absolute Gasteiger partial charge is 0.244 e. The lowest BCUT2D eigenvalue weighted by Crippen LogP contribution is -2.53. The van der Waals surface area contributed by atoms with Gasteiger partial charge in [0.05, 0.1) is 11.9 Å². The fraction of sp³-hybridized carbons (Fsp3) is 0.333. The highest BCUT2D eigenvalue weighted by atomic mass is 79.9. The molecule has 0 aliphatic rings. The lowest BCUT2D eigenvalue weighted by Gasteiger charge is -2.33. The van der Waals surface area contributed by atoms with E-state index in [1.807, 2.05) is 75.4 Å². The Hall–Kier alpha value is -3.17. The molecule has 3 rings (SSSR count). The molecule has 0 bridgehead atoms. The normalized spacial score (nSPS) is 12.2. The number of carbonyl (C=O) groups excluding carboxylic acids is 2. The van der Waals surface area contributed by atoms with E-state index in [0.29, 0.717) is 12.2 Å². The molecular weight excluding hydrogens is 578 g/mol. The molecule has 1 atom stereocenters. The molecule has 0 spiro atoms. The predicted octanol–water partition coefficient (Wildman–Crippen LogP) is 4.94. The summed E-state index contributed by atoms with van der Waals surface area (Å²) in [6, 6.07) is 23.1. The van der Waals surface area contributed by atoms with Crippen molar-refractivity contribution in [2.45, 2.75) is 39.8 Å². The first-order valence-corrected chi connectivity index (χ1v) is 15.5.